The second-order valence-electron chi connectivity index (χ2n) is 5.44. The Hall–Kier alpha value is -1.77. The monoisotopic (exact) mass is 329 g/mol. The summed E-state index contributed by atoms with van der Waals surface area (Å²) in [6.07, 6.45) is 3.17. The minimum absolute atomic E-state index is 0.689. The van der Waals surface area contributed by atoms with Gasteiger partial charge in [0.25, 0.3) is 0 Å². The largest absolute Gasteiger partial charge is 0.457 e. The van der Waals surface area contributed by atoms with Gasteiger partial charge < -0.3 is 4.74 Å². The maximum atomic E-state index is 6.57. The van der Waals surface area contributed by atoms with Gasteiger partial charge in [-0.1, -0.05) is 23.2 Å². The van der Waals surface area contributed by atoms with Gasteiger partial charge in [-0.2, -0.15) is 0 Å². The first kappa shape index (κ1) is 13.9. The van der Waals surface area contributed by atoms with E-state index in [9.17, 15) is 0 Å². The summed E-state index contributed by atoms with van der Waals surface area (Å²) in [5, 5.41) is 2.46. The summed E-state index contributed by atoms with van der Waals surface area (Å²) in [4.78, 5) is 4.72. The van der Waals surface area contributed by atoms with E-state index in [1.165, 1.54) is 5.56 Å². The zero-order valence-corrected chi connectivity index (χ0v) is 13.3. The lowest BCUT2D eigenvalue weighted by Gasteiger charge is -2.10. The van der Waals surface area contributed by atoms with Crippen LogP contribution in [0.25, 0.3) is 10.9 Å². The average Bonchev–Trinajstić information content (AvgIpc) is 2.99. The normalized spacial score (nSPS) is 13.4. The first-order chi connectivity index (χ1) is 10.7. The smallest absolute Gasteiger partial charge is 0.128 e. The van der Waals surface area contributed by atoms with E-state index >= 15 is 0 Å². The van der Waals surface area contributed by atoms with Crippen molar-refractivity contribution in [2.75, 3.05) is 0 Å². The Labute approximate surface area is 138 Å². The molecule has 1 aliphatic carbocycles. The Bertz CT molecular complexity index is 859. The molecular formula is C18H13Cl2NO. The SMILES string of the molecule is Clc1ccc(Oc2ccc3nc4c(c(Cl)c3c2)CCC4)cc1. The molecule has 3 aromatic rings. The van der Waals surface area contributed by atoms with Crippen molar-refractivity contribution < 1.29 is 4.74 Å². The number of benzene rings is 2. The van der Waals surface area contributed by atoms with Crippen LogP contribution in [0.4, 0.5) is 0 Å². The van der Waals surface area contributed by atoms with Gasteiger partial charge in [0, 0.05) is 16.1 Å². The molecule has 0 saturated heterocycles. The zero-order valence-electron chi connectivity index (χ0n) is 11.8. The number of hydrogen-bond acceptors (Lipinski definition) is 2. The second kappa shape index (κ2) is 5.45. The summed E-state index contributed by atoms with van der Waals surface area (Å²) < 4.78 is 5.87. The van der Waals surface area contributed by atoms with E-state index in [1.54, 1.807) is 12.1 Å². The second-order valence-corrected chi connectivity index (χ2v) is 6.25. The van der Waals surface area contributed by atoms with Crippen LogP contribution < -0.4 is 4.74 Å². The van der Waals surface area contributed by atoms with Crippen LogP contribution >= 0.6 is 23.2 Å². The molecule has 1 aromatic heterocycles. The first-order valence-electron chi connectivity index (χ1n) is 7.25. The van der Waals surface area contributed by atoms with Crippen molar-refractivity contribution in [2.24, 2.45) is 0 Å². The molecule has 0 bridgehead atoms. The van der Waals surface area contributed by atoms with Crippen molar-refractivity contribution in [3.63, 3.8) is 0 Å². The zero-order chi connectivity index (χ0) is 15.1. The third kappa shape index (κ3) is 2.43. The Morgan fingerprint density at radius 1 is 0.909 bits per heavy atom. The van der Waals surface area contributed by atoms with Crippen LogP contribution in [-0.2, 0) is 12.8 Å². The molecular weight excluding hydrogens is 317 g/mol. The van der Waals surface area contributed by atoms with Crippen LogP contribution in [0, 0.1) is 0 Å². The van der Waals surface area contributed by atoms with Gasteiger partial charge in [-0.05, 0) is 67.3 Å². The lowest BCUT2D eigenvalue weighted by atomic mass is 10.1. The van der Waals surface area contributed by atoms with Gasteiger partial charge in [-0.25, -0.2) is 0 Å². The molecule has 0 amide bonds. The summed E-state index contributed by atoms with van der Waals surface area (Å²) in [5.41, 5.74) is 3.26. The van der Waals surface area contributed by atoms with Crippen molar-refractivity contribution in [3.05, 3.63) is 63.8 Å². The molecule has 0 spiro atoms. The molecule has 4 rings (SSSR count). The minimum Gasteiger partial charge on any atom is -0.457 e. The van der Waals surface area contributed by atoms with Gasteiger partial charge in [0.05, 0.1) is 10.5 Å². The first-order valence-corrected chi connectivity index (χ1v) is 8.01. The number of aryl methyl sites for hydroxylation is 1. The molecule has 110 valence electrons. The van der Waals surface area contributed by atoms with E-state index in [4.69, 9.17) is 32.9 Å². The van der Waals surface area contributed by atoms with Gasteiger partial charge in [-0.3, -0.25) is 4.98 Å². The molecule has 1 aliphatic rings. The number of pyridine rings is 1. The minimum atomic E-state index is 0.689. The van der Waals surface area contributed by atoms with Crippen molar-refractivity contribution >= 4 is 34.1 Å². The van der Waals surface area contributed by atoms with Gasteiger partial charge >= 0.3 is 0 Å². The summed E-state index contributed by atoms with van der Waals surface area (Å²) in [6, 6.07) is 13.1. The van der Waals surface area contributed by atoms with E-state index in [0.717, 1.165) is 52.4 Å². The number of aromatic nitrogens is 1. The number of fused-ring (bicyclic) bond motifs is 2. The van der Waals surface area contributed by atoms with Crippen LogP contribution in [-0.4, -0.2) is 4.98 Å². The van der Waals surface area contributed by atoms with Crippen LogP contribution in [0.1, 0.15) is 17.7 Å². The number of halogens is 2. The van der Waals surface area contributed by atoms with E-state index in [1.807, 2.05) is 30.3 Å². The maximum Gasteiger partial charge on any atom is 0.128 e. The summed E-state index contributed by atoms with van der Waals surface area (Å²) in [7, 11) is 0. The van der Waals surface area contributed by atoms with Crippen molar-refractivity contribution in [2.45, 2.75) is 19.3 Å². The van der Waals surface area contributed by atoms with Crippen LogP contribution in [0.2, 0.25) is 10.0 Å². The molecule has 4 heteroatoms. The average molecular weight is 330 g/mol. The van der Waals surface area contributed by atoms with Crippen molar-refractivity contribution in [1.82, 2.24) is 4.98 Å². The van der Waals surface area contributed by atoms with E-state index < -0.39 is 0 Å². The third-order valence-electron chi connectivity index (χ3n) is 3.96. The van der Waals surface area contributed by atoms with E-state index in [0.29, 0.717) is 5.02 Å². The van der Waals surface area contributed by atoms with Gasteiger partial charge in [-0.15, -0.1) is 0 Å². The molecule has 0 N–H and O–H groups in total. The number of hydrogen-bond donors (Lipinski definition) is 0. The molecule has 0 fully saturated rings. The molecule has 1 heterocycles. The standard InChI is InChI=1S/C18H13Cl2NO/c19-11-4-6-12(7-5-11)22-13-8-9-17-15(10-13)18(20)14-2-1-3-16(14)21-17/h4-10H,1-3H2. The molecule has 0 radical (unpaired) electrons. The number of rotatable bonds is 2. The van der Waals surface area contributed by atoms with Crippen molar-refractivity contribution in [3.8, 4) is 11.5 Å². The summed E-state index contributed by atoms with van der Waals surface area (Å²) >= 11 is 12.5. The fourth-order valence-corrected chi connectivity index (χ4v) is 3.37. The molecule has 0 unspecified atom stereocenters. The molecule has 0 atom stereocenters. The maximum absolute atomic E-state index is 6.57. The topological polar surface area (TPSA) is 22.1 Å². The van der Waals surface area contributed by atoms with E-state index in [-0.39, 0.29) is 0 Å². The lowest BCUT2D eigenvalue weighted by molar-refractivity contribution is 0.483. The predicted octanol–water partition coefficient (Wildman–Crippen LogP) is 5.82. The predicted molar refractivity (Wildman–Crippen MR) is 90.3 cm³/mol. The highest BCUT2D eigenvalue weighted by molar-refractivity contribution is 6.36. The Balaban J connectivity index is 1.75. The Kier molecular flexibility index (Phi) is 3.44. The molecule has 2 aromatic carbocycles. The highest BCUT2D eigenvalue weighted by atomic mass is 35.5. The fourth-order valence-electron chi connectivity index (χ4n) is 2.89. The van der Waals surface area contributed by atoms with Crippen molar-refractivity contribution in [1.29, 1.82) is 0 Å². The molecule has 0 saturated carbocycles. The van der Waals surface area contributed by atoms with Crippen LogP contribution in [0.15, 0.2) is 42.5 Å². The van der Waals surface area contributed by atoms with Gasteiger partial charge in [0.1, 0.15) is 11.5 Å². The lowest BCUT2D eigenvalue weighted by Crippen LogP contribution is -1.92. The Morgan fingerprint density at radius 3 is 2.50 bits per heavy atom. The fraction of sp³-hybridized carbons (Fsp3) is 0.167. The molecule has 2 nitrogen and oxygen atoms in total. The Morgan fingerprint density at radius 2 is 1.68 bits per heavy atom. The number of ether oxygens (including phenoxy) is 1. The van der Waals surface area contributed by atoms with Crippen LogP contribution in [0.5, 0.6) is 11.5 Å². The summed E-state index contributed by atoms with van der Waals surface area (Å²) in [5.74, 6) is 1.49. The summed E-state index contributed by atoms with van der Waals surface area (Å²) in [6.45, 7) is 0. The highest BCUT2D eigenvalue weighted by Crippen LogP contribution is 2.36. The molecule has 22 heavy (non-hydrogen) atoms. The quantitative estimate of drug-likeness (QED) is 0.590. The van der Waals surface area contributed by atoms with Crippen LogP contribution in [0.3, 0.4) is 0 Å². The molecule has 0 aliphatic heterocycles. The number of nitrogens with zero attached hydrogens (tertiary/aromatic N) is 1. The highest BCUT2D eigenvalue weighted by Gasteiger charge is 2.18. The third-order valence-corrected chi connectivity index (χ3v) is 4.65. The van der Waals surface area contributed by atoms with Gasteiger partial charge in [0.15, 0.2) is 0 Å². The van der Waals surface area contributed by atoms with Gasteiger partial charge in [0.2, 0.25) is 0 Å². The van der Waals surface area contributed by atoms with E-state index in [2.05, 4.69) is 0 Å².